The molecule has 6 heterocycles. The number of benzene rings is 10. The largest absolute Gasteiger partial charge is 0.478 e. The lowest BCUT2D eigenvalue weighted by molar-refractivity contribution is -0.121. The number of hydrogen-bond donors (Lipinski definition) is 8. The van der Waals surface area contributed by atoms with Crippen LogP contribution in [-0.4, -0.2) is 102 Å². The van der Waals surface area contributed by atoms with Crippen LogP contribution in [0.1, 0.15) is 110 Å². The number of carbonyl (C=O) groups excluding carboxylic acids is 5. The van der Waals surface area contributed by atoms with E-state index in [1.165, 1.54) is 50.7 Å². The number of Topliss-reactive ketones (excluding diaryl/α,β-unsaturated/α-hetero) is 2. The van der Waals surface area contributed by atoms with Gasteiger partial charge in [-0.15, -0.1) is 79.9 Å². The number of carboxylic acids is 5. The van der Waals surface area contributed by atoms with Gasteiger partial charge >= 0.3 is 29.8 Å². The van der Waals surface area contributed by atoms with Crippen LogP contribution in [0.4, 0.5) is 21.5 Å². The van der Waals surface area contributed by atoms with Crippen LogP contribution >= 0.6 is 173 Å². The molecule has 6 aromatic heterocycles. The van der Waals surface area contributed by atoms with E-state index < -0.39 is 64.0 Å². The summed E-state index contributed by atoms with van der Waals surface area (Å²) in [5, 5.41) is 67.9. The highest BCUT2D eigenvalue weighted by atomic mass is 35.5. The van der Waals surface area contributed by atoms with Crippen LogP contribution in [0.25, 0.3) is 63.4 Å². The van der Waals surface area contributed by atoms with Gasteiger partial charge in [-0.1, -0.05) is 251 Å². The summed E-state index contributed by atoms with van der Waals surface area (Å²) in [6.45, 7) is 0. The predicted octanol–water partition coefficient (Wildman–Crippen LogP) is 30.2. The summed E-state index contributed by atoms with van der Waals surface area (Å²) in [5.74, 6) is -6.94. The highest BCUT2D eigenvalue weighted by Gasteiger charge is 2.51. The fourth-order valence-electron chi connectivity index (χ4n) is 14.7. The minimum absolute atomic E-state index is 0.0215. The average Bonchev–Trinajstić information content (AvgIpc) is 1.60. The highest BCUT2D eigenvalue weighted by Crippen LogP contribution is 2.51. The van der Waals surface area contributed by atoms with E-state index in [1.54, 1.807) is 191 Å². The SMILES string of the molecule is O=C(CCc1ccccc1)Nc1csc(-c2cc3cc(Cl)ccc3o2)c1C(=O)O.O=C(O)c1c(CC(=O)C(Cl)Cc2ccccc2Cl)csc1-c1ccc(Cl)cc1.O=C(O)c1c(CC(=O)C2(c3ccc(Cl)cc3)CC2)csc1-c1ccc(Cl)cc1.O=C(O)c1c(NC(=O)C(Cl)Cc2ccccc2)csc1-c1ccc(Cl)cc1.O=C(O)c1c(NC(=O)C(F)Cc2ccccc2Cl)csc1-c1ccc(Cl)cc1. The maximum absolute atomic E-state index is 14.4. The molecule has 1 aliphatic carbocycles. The number of ketones is 2. The van der Waals surface area contributed by atoms with E-state index in [9.17, 15) is 77.9 Å². The van der Waals surface area contributed by atoms with Gasteiger partial charge in [0.2, 0.25) is 11.8 Å². The fraction of sp³-hybridized carbons (Fsp3) is 0.124. The third kappa shape index (κ3) is 27.5. The third-order valence-electron chi connectivity index (χ3n) is 21.9. The van der Waals surface area contributed by atoms with Gasteiger partial charge in [0.15, 0.2) is 12.0 Å². The first-order valence-corrected chi connectivity index (χ1v) is 50.5. The van der Waals surface area contributed by atoms with Crippen molar-refractivity contribution >= 4 is 260 Å². The molecule has 19 nitrogen and oxygen atoms in total. The van der Waals surface area contributed by atoms with E-state index in [0.29, 0.717) is 117 Å². The zero-order chi connectivity index (χ0) is 100. The average molecular weight is 2170 g/mol. The van der Waals surface area contributed by atoms with E-state index in [-0.39, 0.29) is 94.5 Å². The number of aromatic carboxylic acids is 5. The van der Waals surface area contributed by atoms with Crippen molar-refractivity contribution in [2.75, 3.05) is 16.0 Å². The molecule has 0 saturated heterocycles. The van der Waals surface area contributed by atoms with E-state index in [4.69, 9.17) is 120 Å². The number of anilines is 3. The summed E-state index contributed by atoms with van der Waals surface area (Å²) >= 11 is 66.4. The second kappa shape index (κ2) is 49.0. The van der Waals surface area contributed by atoms with Gasteiger partial charge in [0, 0.05) is 97.1 Å². The number of fused-ring (bicyclic) bond motifs is 1. The Balaban J connectivity index is 0.000000147. The van der Waals surface area contributed by atoms with Crippen LogP contribution in [0.5, 0.6) is 0 Å². The molecular formula is C105H76Cl10FN3O16S5. The van der Waals surface area contributed by atoms with Crippen molar-refractivity contribution in [2.24, 2.45) is 0 Å². The highest BCUT2D eigenvalue weighted by molar-refractivity contribution is 7.16. The topological polar surface area (TPSA) is 321 Å². The van der Waals surface area contributed by atoms with Gasteiger partial charge in [0.25, 0.3) is 5.91 Å². The van der Waals surface area contributed by atoms with Crippen molar-refractivity contribution in [1.82, 2.24) is 0 Å². The number of furan rings is 1. The quantitative estimate of drug-likeness (QED) is 0.0187. The number of amides is 3. The van der Waals surface area contributed by atoms with Gasteiger partial charge < -0.3 is 45.9 Å². The number of alkyl halides is 3. The molecule has 8 N–H and O–H groups in total. The summed E-state index contributed by atoms with van der Waals surface area (Å²) < 4.78 is 20.2. The molecule has 714 valence electrons. The predicted molar refractivity (Wildman–Crippen MR) is 563 cm³/mol. The summed E-state index contributed by atoms with van der Waals surface area (Å²) in [4.78, 5) is 125. The Morgan fingerprint density at radius 1 is 0.364 bits per heavy atom. The second-order valence-electron chi connectivity index (χ2n) is 31.4. The van der Waals surface area contributed by atoms with E-state index >= 15 is 0 Å². The molecule has 10 aromatic carbocycles. The first kappa shape index (κ1) is 105. The minimum atomic E-state index is -1.87. The Hall–Kier alpha value is -11.8. The van der Waals surface area contributed by atoms with Crippen molar-refractivity contribution in [3.8, 4) is 52.4 Å². The van der Waals surface area contributed by atoms with Crippen molar-refractivity contribution in [3.05, 3.63) is 389 Å². The monoisotopic (exact) mass is 2160 g/mol. The lowest BCUT2D eigenvalue weighted by atomic mass is 9.87. The number of nitrogens with one attached hydrogen (secondary N) is 3. The van der Waals surface area contributed by atoms with Gasteiger partial charge in [0.05, 0.1) is 53.6 Å². The van der Waals surface area contributed by atoms with Gasteiger partial charge in [-0.2, -0.15) is 0 Å². The van der Waals surface area contributed by atoms with Crippen LogP contribution in [0.3, 0.4) is 0 Å². The molecule has 1 fully saturated rings. The Morgan fingerprint density at radius 3 is 1.18 bits per heavy atom. The van der Waals surface area contributed by atoms with Crippen molar-refractivity contribution in [2.45, 2.75) is 80.1 Å². The number of hydrogen-bond acceptors (Lipinski definition) is 16. The number of carboxylic acid groups (broad SMARTS) is 5. The van der Waals surface area contributed by atoms with Gasteiger partial charge in [-0.05, 0) is 201 Å². The molecule has 1 aliphatic rings. The summed E-state index contributed by atoms with van der Waals surface area (Å²) in [6.07, 6.45) is 1.02. The second-order valence-corrected chi connectivity index (χ2v) is 40.2. The molecule has 3 unspecified atom stereocenters. The molecule has 0 radical (unpaired) electrons. The standard InChI is InChI=1S/C22H16Cl2O3S.C22H16ClNO4S.C21H15Cl3O3S.C20H14Cl2FNO3S.C20H15Cl2NO3S/c23-16-5-1-13(2-6-16)20-19(21(26)27)14(12-28-20)11-18(25)22(9-10-22)15-3-7-17(24)8-4-15;23-15-7-8-17-14(10-15)11-18(28-17)21-20(22(26)27)16(12-29-21)24-19(25)9-6-13-4-2-1-3-5-13;22-15-7-5-12(6-8-15)20-19(21(26)27)14(11-28-20)10-18(25)17(24)9-13-3-1-2-4-16(13)23;21-13-7-5-11(6-8-13)18-17(20(26)27)16(10-28-18)24-19(25)15(23)9-12-3-1-2-4-14(12)22;21-14-8-6-13(7-9-14)18-17(20(25)26)16(11-27-18)23-19(24)15(22)10-12-4-2-1-3-5-12/h1-8,12H,9-11H2,(H,26,27);1-5,7-8,10-12H,6,9H2,(H,24,25)(H,26,27);1-8,11,17H,9-10H2,(H,26,27);1-8,10,15H,9H2,(H,24,25)(H,26,27);1-9,11,15H,10H2,(H,23,24)(H,25,26). The van der Waals surface area contributed by atoms with E-state index in [0.717, 1.165) is 62.9 Å². The molecule has 0 spiro atoms. The normalized spacial score (nSPS) is 12.2. The molecule has 0 bridgehead atoms. The number of halogens is 11. The molecule has 1 saturated carbocycles. The Bertz CT molecular complexity index is 7050. The van der Waals surface area contributed by atoms with Crippen LogP contribution in [-0.2, 0) is 67.9 Å². The Morgan fingerprint density at radius 2 is 0.736 bits per heavy atom. The van der Waals surface area contributed by atoms with Crippen LogP contribution in [0.2, 0.25) is 40.2 Å². The summed E-state index contributed by atoms with van der Waals surface area (Å²) in [6, 6.07) is 74.7. The van der Waals surface area contributed by atoms with Crippen molar-refractivity contribution in [3.63, 3.8) is 0 Å². The van der Waals surface area contributed by atoms with Crippen LogP contribution in [0.15, 0.2) is 286 Å². The van der Waals surface area contributed by atoms with E-state index in [2.05, 4.69) is 16.0 Å². The molecular weight excluding hydrogens is 2090 g/mol. The van der Waals surface area contributed by atoms with Crippen LogP contribution in [0, 0.1) is 0 Å². The Kier molecular flexibility index (Phi) is 37.0. The molecule has 16 aromatic rings. The lowest BCUT2D eigenvalue weighted by Crippen LogP contribution is -2.26. The Labute approximate surface area is 871 Å². The zero-order valence-electron chi connectivity index (χ0n) is 72.7. The third-order valence-corrected chi connectivity index (χ3v) is 30.1. The molecule has 35 heteroatoms. The fourth-order valence-corrected chi connectivity index (χ4v) is 21.5. The lowest BCUT2D eigenvalue weighted by Gasteiger charge is -2.15. The van der Waals surface area contributed by atoms with Gasteiger partial charge in [-0.25, -0.2) is 28.4 Å². The number of aryl methyl sites for hydroxylation is 1. The van der Waals surface area contributed by atoms with Gasteiger partial charge in [0.1, 0.15) is 39.2 Å². The summed E-state index contributed by atoms with van der Waals surface area (Å²) in [5.41, 5.74) is 9.06. The molecule has 140 heavy (non-hydrogen) atoms. The summed E-state index contributed by atoms with van der Waals surface area (Å²) in [7, 11) is 0. The van der Waals surface area contributed by atoms with Crippen molar-refractivity contribution in [1.29, 1.82) is 0 Å². The number of thiophene rings is 5. The first-order valence-electron chi connectivity index (χ1n) is 42.3. The van der Waals surface area contributed by atoms with Crippen LogP contribution < -0.4 is 16.0 Å². The molecule has 0 aliphatic heterocycles. The maximum Gasteiger partial charge on any atom is 0.339 e. The van der Waals surface area contributed by atoms with Gasteiger partial charge in [-0.3, -0.25) is 24.0 Å². The molecule has 17 rings (SSSR count). The molecule has 3 amide bonds. The zero-order valence-corrected chi connectivity index (χ0v) is 84.3. The first-order chi connectivity index (χ1) is 67.1. The number of carbonyl (C=O) groups is 10. The molecule has 3 atom stereocenters. The smallest absolute Gasteiger partial charge is 0.339 e. The van der Waals surface area contributed by atoms with Crippen molar-refractivity contribution < 1.29 is 82.3 Å². The minimum Gasteiger partial charge on any atom is -0.478 e. The van der Waals surface area contributed by atoms with E-state index in [1.807, 2.05) is 84.9 Å². The number of rotatable bonds is 31. The maximum atomic E-state index is 14.4.